The van der Waals surface area contributed by atoms with Crippen LogP contribution in [0, 0.1) is 9.39 Å². The third kappa shape index (κ3) is 3.28. The quantitative estimate of drug-likeness (QED) is 0.626. The lowest BCUT2D eigenvalue weighted by atomic mass is 10.2. The Balaban J connectivity index is 2.33. The summed E-state index contributed by atoms with van der Waals surface area (Å²) in [5, 5.41) is 3.10. The molecule has 100 valence electrons. The van der Waals surface area contributed by atoms with Crippen molar-refractivity contribution in [2.45, 2.75) is 6.92 Å². The molecule has 3 nitrogen and oxygen atoms in total. The number of benzene rings is 2. The summed E-state index contributed by atoms with van der Waals surface area (Å²) in [4.78, 5) is 0. The molecule has 0 bridgehead atoms. The van der Waals surface area contributed by atoms with Crippen molar-refractivity contribution in [3.63, 3.8) is 0 Å². The van der Waals surface area contributed by atoms with Gasteiger partial charge < -0.3 is 15.8 Å². The Kier molecular flexibility index (Phi) is 4.47. The van der Waals surface area contributed by atoms with E-state index in [1.54, 1.807) is 6.07 Å². The van der Waals surface area contributed by atoms with E-state index >= 15 is 0 Å². The van der Waals surface area contributed by atoms with Crippen LogP contribution in [0.5, 0.6) is 5.75 Å². The number of hydrogen-bond acceptors (Lipinski definition) is 3. The first-order valence-electron chi connectivity index (χ1n) is 5.85. The smallest absolute Gasteiger partial charge is 0.142 e. The number of rotatable bonds is 4. The average Bonchev–Trinajstić information content (AvgIpc) is 2.38. The van der Waals surface area contributed by atoms with Gasteiger partial charge in [-0.05, 0) is 47.7 Å². The number of nitrogen functional groups attached to an aromatic ring is 1. The second-order valence-electron chi connectivity index (χ2n) is 3.91. The molecular weight excluding hydrogens is 358 g/mol. The molecule has 5 heteroatoms. The van der Waals surface area contributed by atoms with Crippen LogP contribution in [0.25, 0.3) is 0 Å². The van der Waals surface area contributed by atoms with Gasteiger partial charge in [-0.25, -0.2) is 4.39 Å². The molecule has 3 N–H and O–H groups in total. The highest BCUT2D eigenvalue weighted by Crippen LogP contribution is 2.31. The minimum absolute atomic E-state index is 0.300. The van der Waals surface area contributed by atoms with Crippen LogP contribution >= 0.6 is 22.6 Å². The van der Waals surface area contributed by atoms with Gasteiger partial charge in [0.15, 0.2) is 0 Å². The molecule has 2 rings (SSSR count). The summed E-state index contributed by atoms with van der Waals surface area (Å²) in [6.45, 7) is 2.48. The molecule has 0 unspecified atom stereocenters. The van der Waals surface area contributed by atoms with Crippen LogP contribution in [0.2, 0.25) is 0 Å². The third-order valence-electron chi connectivity index (χ3n) is 2.55. The van der Waals surface area contributed by atoms with Crippen molar-refractivity contribution in [2.24, 2.45) is 0 Å². The fraction of sp³-hybridized carbons (Fsp3) is 0.143. The van der Waals surface area contributed by atoms with Crippen LogP contribution in [0.1, 0.15) is 6.92 Å². The Bertz CT molecular complexity index is 590. The van der Waals surface area contributed by atoms with Gasteiger partial charge in [-0.15, -0.1) is 0 Å². The number of nitrogens with one attached hydrogen (secondary N) is 1. The van der Waals surface area contributed by atoms with Crippen LogP contribution < -0.4 is 15.8 Å². The summed E-state index contributed by atoms with van der Waals surface area (Å²) < 4.78 is 19.6. The number of halogens is 2. The second-order valence-corrected chi connectivity index (χ2v) is 5.07. The average molecular weight is 372 g/mol. The molecule has 19 heavy (non-hydrogen) atoms. The lowest BCUT2D eigenvalue weighted by Crippen LogP contribution is -2.01. The van der Waals surface area contributed by atoms with E-state index in [1.165, 1.54) is 6.07 Å². The van der Waals surface area contributed by atoms with Crippen molar-refractivity contribution in [1.29, 1.82) is 0 Å². The predicted octanol–water partition coefficient (Wildman–Crippen LogP) is 4.15. The van der Waals surface area contributed by atoms with E-state index in [4.69, 9.17) is 10.5 Å². The van der Waals surface area contributed by atoms with Gasteiger partial charge in [-0.3, -0.25) is 0 Å². The topological polar surface area (TPSA) is 47.3 Å². The first-order chi connectivity index (χ1) is 9.11. The minimum Gasteiger partial charge on any atom is -0.492 e. The molecule has 2 aromatic carbocycles. The van der Waals surface area contributed by atoms with E-state index in [1.807, 2.05) is 53.8 Å². The number of anilines is 3. The molecule has 0 heterocycles. The Morgan fingerprint density at radius 3 is 2.74 bits per heavy atom. The molecular formula is C14H14FIN2O. The first kappa shape index (κ1) is 13.9. The van der Waals surface area contributed by atoms with E-state index in [9.17, 15) is 4.39 Å². The van der Waals surface area contributed by atoms with Gasteiger partial charge in [0.1, 0.15) is 11.6 Å². The van der Waals surface area contributed by atoms with Crippen LogP contribution in [-0.4, -0.2) is 6.61 Å². The van der Waals surface area contributed by atoms with E-state index < -0.39 is 0 Å². The summed E-state index contributed by atoms with van der Waals surface area (Å²) in [6, 6.07) is 10.5. The van der Waals surface area contributed by atoms with Gasteiger partial charge in [0, 0.05) is 6.07 Å². The second kappa shape index (κ2) is 6.10. The van der Waals surface area contributed by atoms with Crippen molar-refractivity contribution < 1.29 is 9.13 Å². The summed E-state index contributed by atoms with van der Waals surface area (Å²) in [5.41, 5.74) is 7.68. The van der Waals surface area contributed by atoms with Crippen LogP contribution in [0.4, 0.5) is 21.5 Å². The molecule has 0 aliphatic rings. The number of para-hydroxylation sites is 2. The molecule has 0 radical (unpaired) electrons. The summed E-state index contributed by atoms with van der Waals surface area (Å²) >= 11 is 1.91. The zero-order valence-corrected chi connectivity index (χ0v) is 12.6. The van der Waals surface area contributed by atoms with Crippen molar-refractivity contribution in [2.75, 3.05) is 17.7 Å². The number of nitrogens with two attached hydrogens (primary N) is 1. The highest BCUT2D eigenvalue weighted by Gasteiger charge is 2.08. The van der Waals surface area contributed by atoms with Gasteiger partial charge in [-0.1, -0.05) is 12.1 Å². The molecule has 0 saturated heterocycles. The predicted molar refractivity (Wildman–Crippen MR) is 84.4 cm³/mol. The van der Waals surface area contributed by atoms with Crippen molar-refractivity contribution >= 4 is 39.7 Å². The number of ether oxygens (including phenoxy) is 1. The molecule has 0 fully saturated rings. The summed E-state index contributed by atoms with van der Waals surface area (Å²) in [6.07, 6.45) is 0. The normalized spacial score (nSPS) is 10.3. The molecule has 0 spiro atoms. The fourth-order valence-corrected chi connectivity index (χ4v) is 2.16. The van der Waals surface area contributed by atoms with Crippen molar-refractivity contribution in [3.8, 4) is 5.75 Å². The molecule has 0 atom stereocenters. The summed E-state index contributed by atoms with van der Waals surface area (Å²) in [7, 11) is 0. The Morgan fingerprint density at radius 2 is 2.00 bits per heavy atom. The third-order valence-corrected chi connectivity index (χ3v) is 3.38. The molecule has 0 aliphatic carbocycles. The maximum absolute atomic E-state index is 13.6. The molecule has 2 aromatic rings. The molecule has 0 aliphatic heterocycles. The highest BCUT2D eigenvalue weighted by molar-refractivity contribution is 14.1. The molecule has 0 saturated carbocycles. The van der Waals surface area contributed by atoms with Gasteiger partial charge in [0.05, 0.1) is 27.2 Å². The number of hydrogen-bond donors (Lipinski definition) is 2. The Labute approximate surface area is 125 Å². The first-order valence-corrected chi connectivity index (χ1v) is 6.93. The minimum atomic E-state index is -0.300. The maximum Gasteiger partial charge on any atom is 0.142 e. The molecule has 0 aromatic heterocycles. The largest absolute Gasteiger partial charge is 0.492 e. The monoisotopic (exact) mass is 372 g/mol. The van der Waals surface area contributed by atoms with E-state index in [0.29, 0.717) is 27.3 Å². The van der Waals surface area contributed by atoms with E-state index in [2.05, 4.69) is 5.32 Å². The highest BCUT2D eigenvalue weighted by atomic mass is 127. The Morgan fingerprint density at radius 1 is 1.26 bits per heavy atom. The van der Waals surface area contributed by atoms with Crippen molar-refractivity contribution in [3.05, 3.63) is 45.8 Å². The summed E-state index contributed by atoms with van der Waals surface area (Å²) in [5.74, 6) is 0.412. The standard InChI is InChI=1S/C14H14FIN2O/c1-2-19-14-6-4-3-5-12(14)18-13-7-9(15)10(16)8-11(13)17/h3-8,18H,2,17H2,1H3. The fourth-order valence-electron chi connectivity index (χ4n) is 1.67. The lowest BCUT2D eigenvalue weighted by molar-refractivity contribution is 0.342. The zero-order valence-electron chi connectivity index (χ0n) is 10.4. The van der Waals surface area contributed by atoms with Gasteiger partial charge in [0.25, 0.3) is 0 Å². The SMILES string of the molecule is CCOc1ccccc1Nc1cc(F)c(I)cc1N. The lowest BCUT2D eigenvalue weighted by Gasteiger charge is -2.14. The van der Waals surface area contributed by atoms with E-state index in [0.717, 1.165) is 5.69 Å². The maximum atomic E-state index is 13.6. The van der Waals surface area contributed by atoms with Gasteiger partial charge >= 0.3 is 0 Å². The van der Waals surface area contributed by atoms with Crippen LogP contribution in [0.3, 0.4) is 0 Å². The van der Waals surface area contributed by atoms with Crippen molar-refractivity contribution in [1.82, 2.24) is 0 Å². The zero-order chi connectivity index (χ0) is 13.8. The van der Waals surface area contributed by atoms with Crippen LogP contribution in [-0.2, 0) is 0 Å². The Hall–Kier alpha value is -1.50. The van der Waals surface area contributed by atoms with Crippen LogP contribution in [0.15, 0.2) is 36.4 Å². The van der Waals surface area contributed by atoms with Gasteiger partial charge in [0.2, 0.25) is 0 Å². The van der Waals surface area contributed by atoms with E-state index in [-0.39, 0.29) is 5.82 Å². The molecule has 0 amide bonds. The van der Waals surface area contributed by atoms with Gasteiger partial charge in [-0.2, -0.15) is 0 Å².